The van der Waals surface area contributed by atoms with Crippen LogP contribution in [-0.2, 0) is 6.42 Å². The lowest BCUT2D eigenvalue weighted by Crippen LogP contribution is -2.25. The van der Waals surface area contributed by atoms with E-state index in [1.54, 1.807) is 12.1 Å². The number of carbonyl (C=O) groups is 1. The zero-order valence-corrected chi connectivity index (χ0v) is 13.0. The Morgan fingerprint density at radius 1 is 1.57 bits per heavy atom. The van der Waals surface area contributed by atoms with Gasteiger partial charge >= 0.3 is 6.09 Å². The number of ether oxygens (including phenoxy) is 1. The number of hydrogen-bond acceptors (Lipinski definition) is 3. The highest BCUT2D eigenvalue weighted by molar-refractivity contribution is 5.64. The average Bonchev–Trinajstić information content (AvgIpc) is 2.94. The predicted octanol–water partition coefficient (Wildman–Crippen LogP) is 3.18. The average molecular weight is 321 g/mol. The van der Waals surface area contributed by atoms with Gasteiger partial charge in [-0.2, -0.15) is 0 Å². The molecule has 1 amide bonds. The highest BCUT2D eigenvalue weighted by Crippen LogP contribution is 2.16. The molecule has 2 heterocycles. The van der Waals surface area contributed by atoms with Crippen LogP contribution in [0.5, 0.6) is 5.75 Å². The lowest BCUT2D eigenvalue weighted by Gasteiger charge is -2.09. The monoisotopic (exact) mass is 321 g/mol. The Balaban J connectivity index is 1.98. The van der Waals surface area contributed by atoms with Gasteiger partial charge in [-0.25, -0.2) is 14.2 Å². The van der Waals surface area contributed by atoms with Gasteiger partial charge in [-0.15, -0.1) is 0 Å². The Hall–Kier alpha value is -2.57. The van der Waals surface area contributed by atoms with Crippen molar-refractivity contribution < 1.29 is 19.0 Å². The van der Waals surface area contributed by atoms with Crippen molar-refractivity contribution in [2.24, 2.45) is 0 Å². The van der Waals surface area contributed by atoms with Crippen molar-refractivity contribution in [3.8, 4) is 5.75 Å². The number of halogens is 1. The molecule has 0 aliphatic rings. The van der Waals surface area contributed by atoms with Crippen LogP contribution in [0.4, 0.5) is 9.18 Å². The van der Waals surface area contributed by atoms with Crippen molar-refractivity contribution in [1.82, 2.24) is 14.7 Å². The molecular weight excluding hydrogens is 301 g/mol. The lowest BCUT2D eigenvalue weighted by molar-refractivity contribution is 0.195. The number of nitrogens with zero attached hydrogens (tertiary/aromatic N) is 2. The molecule has 6 nitrogen and oxygen atoms in total. The maximum atomic E-state index is 12.7. The minimum absolute atomic E-state index is 0.0314. The number of unbranched alkanes of at least 4 members (excludes halogenated alkanes) is 1. The Morgan fingerprint density at radius 3 is 3.09 bits per heavy atom. The Labute approximate surface area is 133 Å². The molecule has 0 atom stereocenters. The summed E-state index contributed by atoms with van der Waals surface area (Å²) in [6.45, 7) is 1.99. The molecule has 0 aliphatic heterocycles. The molecular formula is C16H20FN3O3. The number of aromatic nitrogens is 2. The highest BCUT2D eigenvalue weighted by Gasteiger charge is 2.05. The van der Waals surface area contributed by atoms with Crippen molar-refractivity contribution in [2.45, 2.75) is 26.2 Å². The summed E-state index contributed by atoms with van der Waals surface area (Å²) in [5.41, 5.74) is 2.00. The van der Waals surface area contributed by atoms with Gasteiger partial charge in [0.1, 0.15) is 18.0 Å². The topological polar surface area (TPSA) is 75.9 Å². The van der Waals surface area contributed by atoms with E-state index in [-0.39, 0.29) is 18.7 Å². The number of fused-ring (bicyclic) bond motifs is 1. The van der Waals surface area contributed by atoms with Crippen LogP contribution in [0, 0.1) is 0 Å². The van der Waals surface area contributed by atoms with Crippen molar-refractivity contribution in [2.75, 3.05) is 13.2 Å². The molecule has 0 bridgehead atoms. The van der Waals surface area contributed by atoms with Gasteiger partial charge in [0.05, 0.1) is 12.0 Å². The van der Waals surface area contributed by atoms with Gasteiger partial charge in [-0.1, -0.05) is 13.3 Å². The van der Waals surface area contributed by atoms with Gasteiger partial charge in [0.15, 0.2) is 0 Å². The van der Waals surface area contributed by atoms with Crippen LogP contribution in [-0.4, -0.2) is 33.7 Å². The van der Waals surface area contributed by atoms with E-state index in [0.29, 0.717) is 12.1 Å². The number of nitrogens with one attached hydrogen (secondary N) is 1. The molecule has 2 rings (SSSR count). The molecule has 0 radical (unpaired) electrons. The number of imidazole rings is 1. The van der Waals surface area contributed by atoms with Crippen molar-refractivity contribution in [3.63, 3.8) is 0 Å². The SMILES string of the molecule is CCCCc1cn2ccc(OC/C(=C/F)CNC(=O)O)cc2n1. The van der Waals surface area contributed by atoms with Crippen LogP contribution in [0.25, 0.3) is 5.65 Å². The summed E-state index contributed by atoms with van der Waals surface area (Å²) in [7, 11) is 0. The maximum absolute atomic E-state index is 12.7. The largest absolute Gasteiger partial charge is 0.489 e. The van der Waals surface area contributed by atoms with Crippen LogP contribution in [0.3, 0.4) is 0 Å². The fourth-order valence-electron chi connectivity index (χ4n) is 2.07. The Kier molecular flexibility index (Phi) is 5.96. The van der Waals surface area contributed by atoms with E-state index >= 15 is 0 Å². The molecule has 0 fully saturated rings. The van der Waals surface area contributed by atoms with Gasteiger partial charge in [0.25, 0.3) is 0 Å². The summed E-state index contributed by atoms with van der Waals surface area (Å²) in [6, 6.07) is 3.54. The normalized spacial score (nSPS) is 11.7. The predicted molar refractivity (Wildman–Crippen MR) is 84.5 cm³/mol. The first-order valence-corrected chi connectivity index (χ1v) is 7.47. The van der Waals surface area contributed by atoms with Gasteiger partial charge in [-0.05, 0) is 18.9 Å². The van der Waals surface area contributed by atoms with E-state index in [9.17, 15) is 9.18 Å². The van der Waals surface area contributed by atoms with Crippen molar-refractivity contribution in [1.29, 1.82) is 0 Å². The third-order valence-electron chi connectivity index (χ3n) is 3.31. The van der Waals surface area contributed by atoms with E-state index in [1.807, 2.05) is 16.8 Å². The maximum Gasteiger partial charge on any atom is 0.404 e. The standard InChI is InChI=1S/C16H20FN3O3/c1-2-3-4-13-10-20-6-5-14(7-15(20)19-13)23-11-12(8-17)9-18-16(21)22/h5-8,10,18H,2-4,9,11H2,1H3,(H,21,22)/b12-8+. The molecule has 7 heteroatoms. The molecule has 23 heavy (non-hydrogen) atoms. The number of aryl methyl sites for hydroxylation is 1. The third kappa shape index (κ3) is 4.98. The van der Waals surface area contributed by atoms with E-state index in [2.05, 4.69) is 17.2 Å². The number of carboxylic acid groups (broad SMARTS) is 1. The molecule has 0 aromatic carbocycles. The molecule has 0 spiro atoms. The molecule has 0 saturated heterocycles. The van der Waals surface area contributed by atoms with E-state index < -0.39 is 6.09 Å². The molecule has 2 N–H and O–H groups in total. The summed E-state index contributed by atoms with van der Waals surface area (Å²) in [5.74, 6) is 0.555. The molecule has 0 saturated carbocycles. The quantitative estimate of drug-likeness (QED) is 0.783. The molecule has 2 aromatic heterocycles. The lowest BCUT2D eigenvalue weighted by atomic mass is 10.2. The first-order chi connectivity index (χ1) is 11.1. The summed E-state index contributed by atoms with van der Waals surface area (Å²) < 4.78 is 20.1. The molecule has 2 aromatic rings. The molecule has 124 valence electrons. The summed E-state index contributed by atoms with van der Waals surface area (Å²) in [4.78, 5) is 14.9. The minimum atomic E-state index is -1.21. The van der Waals surface area contributed by atoms with Crippen LogP contribution in [0.1, 0.15) is 25.5 Å². The zero-order valence-electron chi connectivity index (χ0n) is 13.0. The van der Waals surface area contributed by atoms with Crippen molar-refractivity contribution >= 4 is 11.7 Å². The fourth-order valence-corrected chi connectivity index (χ4v) is 2.07. The van der Waals surface area contributed by atoms with Crippen LogP contribution in [0.15, 0.2) is 36.4 Å². The van der Waals surface area contributed by atoms with Crippen LogP contribution < -0.4 is 10.1 Å². The summed E-state index contributed by atoms with van der Waals surface area (Å²) in [5, 5.41) is 10.6. The molecule has 0 unspecified atom stereocenters. The number of amides is 1. The second-order valence-electron chi connectivity index (χ2n) is 5.18. The van der Waals surface area contributed by atoms with Gasteiger partial charge in [0, 0.05) is 30.6 Å². The highest BCUT2D eigenvalue weighted by atomic mass is 19.1. The van der Waals surface area contributed by atoms with Gasteiger partial charge in [0.2, 0.25) is 0 Å². The first kappa shape index (κ1) is 16.8. The van der Waals surface area contributed by atoms with E-state index in [4.69, 9.17) is 9.84 Å². The van der Waals surface area contributed by atoms with Crippen LogP contribution in [0.2, 0.25) is 0 Å². The third-order valence-corrected chi connectivity index (χ3v) is 3.31. The first-order valence-electron chi connectivity index (χ1n) is 7.47. The number of pyridine rings is 1. The molecule has 0 aliphatic carbocycles. The summed E-state index contributed by atoms with van der Waals surface area (Å²) in [6.07, 6.45) is 6.11. The fraction of sp³-hybridized carbons (Fsp3) is 0.375. The number of rotatable bonds is 8. The van der Waals surface area contributed by atoms with E-state index in [0.717, 1.165) is 30.6 Å². The van der Waals surface area contributed by atoms with Gasteiger partial charge < -0.3 is 19.6 Å². The second kappa shape index (κ2) is 8.17. The summed E-state index contributed by atoms with van der Waals surface area (Å²) >= 11 is 0. The van der Waals surface area contributed by atoms with Crippen molar-refractivity contribution in [3.05, 3.63) is 42.1 Å². The second-order valence-corrected chi connectivity index (χ2v) is 5.18. The zero-order chi connectivity index (χ0) is 16.7. The Bertz CT molecular complexity index is 697. The number of hydrogen-bond donors (Lipinski definition) is 2. The Morgan fingerprint density at radius 2 is 2.39 bits per heavy atom. The van der Waals surface area contributed by atoms with Crippen LogP contribution >= 0.6 is 0 Å². The van der Waals surface area contributed by atoms with E-state index in [1.165, 1.54) is 0 Å². The smallest absolute Gasteiger partial charge is 0.404 e. The van der Waals surface area contributed by atoms with Gasteiger partial charge in [-0.3, -0.25) is 0 Å². The minimum Gasteiger partial charge on any atom is -0.489 e.